The van der Waals surface area contributed by atoms with Gasteiger partial charge in [0.05, 0.1) is 5.56 Å². The number of amides is 4. The molecule has 37 heavy (non-hydrogen) atoms. The summed E-state index contributed by atoms with van der Waals surface area (Å²) in [5.41, 5.74) is 2.66. The lowest BCUT2D eigenvalue weighted by Gasteiger charge is -2.30. The Morgan fingerprint density at radius 1 is 1.00 bits per heavy atom. The Labute approximate surface area is 213 Å². The molecule has 9 nitrogen and oxygen atoms in total. The maximum Gasteiger partial charge on any atom is 0.257 e. The second-order valence-electron chi connectivity index (χ2n) is 9.61. The number of hydrogen-bond donors (Lipinski definition) is 1. The molecule has 188 valence electrons. The largest absolute Gasteiger partial charge is 0.454 e. The van der Waals surface area contributed by atoms with Crippen molar-refractivity contribution in [3.8, 4) is 23.3 Å². The summed E-state index contributed by atoms with van der Waals surface area (Å²) in [6, 6.07) is 10.2. The molecule has 2 fully saturated rings. The smallest absolute Gasteiger partial charge is 0.257 e. The molecule has 4 heterocycles. The molecular formula is C28H25N3O6. The van der Waals surface area contributed by atoms with Gasteiger partial charge in [-0.2, -0.15) is 0 Å². The van der Waals surface area contributed by atoms with E-state index in [9.17, 15) is 19.2 Å². The summed E-state index contributed by atoms with van der Waals surface area (Å²) in [4.78, 5) is 53.3. The van der Waals surface area contributed by atoms with E-state index in [0.717, 1.165) is 24.0 Å². The quantitative estimate of drug-likeness (QED) is 0.501. The number of piperidine rings is 2. The molecule has 4 aliphatic heterocycles. The molecule has 1 unspecified atom stereocenters. The lowest BCUT2D eigenvalue weighted by molar-refractivity contribution is -0.136. The van der Waals surface area contributed by atoms with E-state index in [1.54, 1.807) is 30.3 Å². The number of benzene rings is 2. The SMILES string of the molecule is O=C1CCC(N2Cc3c(C#CC4CCN(C(=O)c5cccc6c5OCO6)CC4)cccc3C2=O)C(=O)N1. The number of nitrogens with one attached hydrogen (secondary N) is 1. The summed E-state index contributed by atoms with van der Waals surface area (Å²) in [5.74, 6) is 6.83. The van der Waals surface area contributed by atoms with Gasteiger partial charge >= 0.3 is 0 Å². The van der Waals surface area contributed by atoms with Crippen LogP contribution in [-0.2, 0) is 16.1 Å². The van der Waals surface area contributed by atoms with Gasteiger partial charge in [-0.15, -0.1) is 0 Å². The van der Waals surface area contributed by atoms with Crippen molar-refractivity contribution in [2.75, 3.05) is 19.9 Å². The normalized spacial score (nSPS) is 20.9. The van der Waals surface area contributed by atoms with Crippen molar-refractivity contribution in [2.24, 2.45) is 5.92 Å². The predicted octanol–water partition coefficient (Wildman–Crippen LogP) is 2.08. The van der Waals surface area contributed by atoms with Crippen LogP contribution in [0.25, 0.3) is 0 Å². The minimum absolute atomic E-state index is 0.0679. The zero-order valence-corrected chi connectivity index (χ0v) is 20.1. The van der Waals surface area contributed by atoms with Crippen LogP contribution in [0.1, 0.15) is 57.5 Å². The van der Waals surface area contributed by atoms with Crippen LogP contribution in [0, 0.1) is 17.8 Å². The monoisotopic (exact) mass is 499 g/mol. The number of likely N-dealkylation sites (tertiary alicyclic amines) is 1. The van der Waals surface area contributed by atoms with Gasteiger partial charge in [0.15, 0.2) is 11.5 Å². The number of hydrogen-bond acceptors (Lipinski definition) is 6. The molecule has 6 rings (SSSR count). The van der Waals surface area contributed by atoms with E-state index in [1.807, 2.05) is 11.0 Å². The second kappa shape index (κ2) is 9.28. The fraction of sp³-hybridized carbons (Fsp3) is 0.357. The van der Waals surface area contributed by atoms with Gasteiger partial charge in [0.25, 0.3) is 11.8 Å². The maximum absolute atomic E-state index is 13.1. The van der Waals surface area contributed by atoms with E-state index >= 15 is 0 Å². The molecule has 2 aromatic carbocycles. The van der Waals surface area contributed by atoms with Crippen LogP contribution in [-0.4, -0.2) is 59.4 Å². The molecule has 0 radical (unpaired) electrons. The molecule has 0 aromatic heterocycles. The average molecular weight is 500 g/mol. The first-order valence-corrected chi connectivity index (χ1v) is 12.5. The standard InChI is InChI=1S/C28H25N3O6/c32-24-10-9-22(26(33)29-24)31-15-21-18(3-1-4-19(21)28(31)35)8-7-17-11-13-30(14-12-17)27(34)20-5-2-6-23-25(20)37-16-36-23/h1-6,17,22H,9-16H2,(H,29,32,33). The van der Waals surface area contributed by atoms with Crippen molar-refractivity contribution in [1.29, 1.82) is 0 Å². The van der Waals surface area contributed by atoms with Crippen molar-refractivity contribution in [3.05, 3.63) is 58.7 Å². The summed E-state index contributed by atoms with van der Waals surface area (Å²) in [7, 11) is 0. The highest BCUT2D eigenvalue weighted by Gasteiger charge is 2.39. The summed E-state index contributed by atoms with van der Waals surface area (Å²) < 4.78 is 10.9. The number of fused-ring (bicyclic) bond motifs is 2. The van der Waals surface area contributed by atoms with Crippen molar-refractivity contribution in [1.82, 2.24) is 15.1 Å². The van der Waals surface area contributed by atoms with Crippen LogP contribution in [0.2, 0.25) is 0 Å². The summed E-state index contributed by atoms with van der Waals surface area (Å²) in [6.45, 7) is 1.61. The van der Waals surface area contributed by atoms with Crippen molar-refractivity contribution in [3.63, 3.8) is 0 Å². The van der Waals surface area contributed by atoms with Gasteiger partial charge in [-0.1, -0.05) is 24.0 Å². The zero-order valence-electron chi connectivity index (χ0n) is 20.1. The Morgan fingerprint density at radius 3 is 2.62 bits per heavy atom. The van der Waals surface area contributed by atoms with Crippen LogP contribution in [0.5, 0.6) is 11.5 Å². The molecule has 1 atom stereocenters. The van der Waals surface area contributed by atoms with Gasteiger partial charge in [-0.05, 0) is 49.1 Å². The molecule has 0 spiro atoms. The van der Waals surface area contributed by atoms with Gasteiger partial charge < -0.3 is 19.3 Å². The minimum atomic E-state index is -0.650. The Kier molecular flexibility index (Phi) is 5.80. The van der Waals surface area contributed by atoms with Gasteiger partial charge in [0.1, 0.15) is 6.04 Å². The molecule has 0 aliphatic carbocycles. The number of carbonyl (C=O) groups excluding carboxylic acids is 4. The summed E-state index contributed by atoms with van der Waals surface area (Å²) in [6.07, 6.45) is 2.05. The Morgan fingerprint density at radius 2 is 1.81 bits per heavy atom. The molecule has 9 heteroatoms. The molecular weight excluding hydrogens is 474 g/mol. The fourth-order valence-electron chi connectivity index (χ4n) is 5.38. The second-order valence-corrected chi connectivity index (χ2v) is 9.61. The maximum atomic E-state index is 13.1. The lowest BCUT2D eigenvalue weighted by Crippen LogP contribution is -2.52. The third kappa shape index (κ3) is 4.18. The third-order valence-electron chi connectivity index (χ3n) is 7.40. The molecule has 4 amide bonds. The van der Waals surface area contributed by atoms with Gasteiger partial charge in [-0.3, -0.25) is 24.5 Å². The van der Waals surface area contributed by atoms with Gasteiger partial charge in [0.2, 0.25) is 18.6 Å². The molecule has 0 saturated carbocycles. The third-order valence-corrected chi connectivity index (χ3v) is 7.40. The van der Waals surface area contributed by atoms with E-state index in [0.29, 0.717) is 48.7 Å². The van der Waals surface area contributed by atoms with E-state index in [2.05, 4.69) is 17.2 Å². The molecule has 2 aromatic rings. The molecule has 1 N–H and O–H groups in total. The highest BCUT2D eigenvalue weighted by Crippen LogP contribution is 2.36. The van der Waals surface area contributed by atoms with Crippen LogP contribution >= 0.6 is 0 Å². The van der Waals surface area contributed by atoms with E-state index in [-0.39, 0.29) is 36.9 Å². The van der Waals surface area contributed by atoms with E-state index in [1.165, 1.54) is 4.90 Å². The fourth-order valence-corrected chi connectivity index (χ4v) is 5.38. The Hall–Kier alpha value is -4.32. The van der Waals surface area contributed by atoms with Gasteiger partial charge in [-0.25, -0.2) is 0 Å². The molecule has 2 saturated heterocycles. The van der Waals surface area contributed by atoms with Gasteiger partial charge in [0, 0.05) is 43.1 Å². The topological polar surface area (TPSA) is 105 Å². The minimum Gasteiger partial charge on any atom is -0.454 e. The van der Waals surface area contributed by atoms with Crippen LogP contribution < -0.4 is 14.8 Å². The number of para-hydroxylation sites is 1. The first kappa shape index (κ1) is 23.1. The molecule has 4 aliphatic rings. The number of imide groups is 1. The number of carbonyl (C=O) groups is 4. The van der Waals surface area contributed by atoms with Crippen LogP contribution in [0.3, 0.4) is 0 Å². The summed E-state index contributed by atoms with van der Waals surface area (Å²) >= 11 is 0. The summed E-state index contributed by atoms with van der Waals surface area (Å²) in [5, 5.41) is 2.33. The average Bonchev–Trinajstić information content (AvgIpc) is 3.52. The van der Waals surface area contributed by atoms with Crippen molar-refractivity contribution < 1.29 is 28.7 Å². The highest BCUT2D eigenvalue weighted by atomic mass is 16.7. The van der Waals surface area contributed by atoms with Crippen LogP contribution in [0.15, 0.2) is 36.4 Å². The first-order chi connectivity index (χ1) is 18.0. The van der Waals surface area contributed by atoms with E-state index < -0.39 is 11.9 Å². The van der Waals surface area contributed by atoms with Crippen LogP contribution in [0.4, 0.5) is 0 Å². The number of ether oxygens (including phenoxy) is 2. The number of nitrogens with zero attached hydrogens (tertiary/aromatic N) is 2. The van der Waals surface area contributed by atoms with Crippen molar-refractivity contribution in [2.45, 2.75) is 38.3 Å². The highest BCUT2D eigenvalue weighted by molar-refractivity contribution is 6.05. The Balaban J connectivity index is 1.12. The lowest BCUT2D eigenvalue weighted by atomic mass is 9.95. The predicted molar refractivity (Wildman–Crippen MR) is 131 cm³/mol. The zero-order chi connectivity index (χ0) is 25.5. The Bertz CT molecular complexity index is 1380. The van der Waals surface area contributed by atoms with E-state index in [4.69, 9.17) is 9.47 Å². The number of rotatable bonds is 2. The first-order valence-electron chi connectivity index (χ1n) is 12.5. The van der Waals surface area contributed by atoms with Crippen molar-refractivity contribution >= 4 is 23.6 Å². The molecule has 0 bridgehead atoms.